The number of pyridine rings is 2. The molecule has 2 aromatic rings. The first-order chi connectivity index (χ1) is 7.65. The maximum atomic E-state index is 13.4. The fourth-order valence-electron chi connectivity index (χ4n) is 1.04. The molecule has 0 amide bonds. The summed E-state index contributed by atoms with van der Waals surface area (Å²) >= 11 is 8.81. The molecule has 0 radical (unpaired) electrons. The molecule has 0 saturated heterocycles. The lowest BCUT2D eigenvalue weighted by molar-refractivity contribution is 0.421. The Morgan fingerprint density at radius 2 is 2.06 bits per heavy atom. The smallest absolute Gasteiger partial charge is 0.256 e. The second-order valence-corrected chi connectivity index (χ2v) is 4.23. The zero-order chi connectivity index (χ0) is 11.5. The van der Waals surface area contributed by atoms with E-state index >= 15 is 0 Å². The van der Waals surface area contributed by atoms with E-state index in [1.165, 1.54) is 30.7 Å². The van der Waals surface area contributed by atoms with Crippen molar-refractivity contribution in [3.63, 3.8) is 0 Å². The highest BCUT2D eigenvalue weighted by atomic mass is 79.9. The summed E-state index contributed by atoms with van der Waals surface area (Å²) in [6, 6.07) is 2.79. The standard InChI is InChI=1S/C10H5BrClFN2O/c11-6-1-9(13)10(15-3-6)16-8-2-7(12)4-14-5-8/h1-5H. The minimum Gasteiger partial charge on any atom is -0.435 e. The summed E-state index contributed by atoms with van der Waals surface area (Å²) in [5.41, 5.74) is 0. The third-order valence-electron chi connectivity index (χ3n) is 1.67. The molecule has 82 valence electrons. The number of ether oxygens (including phenoxy) is 1. The van der Waals surface area contributed by atoms with E-state index in [-0.39, 0.29) is 5.88 Å². The second-order valence-electron chi connectivity index (χ2n) is 2.88. The maximum Gasteiger partial charge on any atom is 0.256 e. The highest BCUT2D eigenvalue weighted by Gasteiger charge is 2.07. The topological polar surface area (TPSA) is 35.0 Å². The van der Waals surface area contributed by atoms with Gasteiger partial charge >= 0.3 is 0 Å². The highest BCUT2D eigenvalue weighted by molar-refractivity contribution is 9.10. The van der Waals surface area contributed by atoms with Crippen molar-refractivity contribution in [1.29, 1.82) is 0 Å². The van der Waals surface area contributed by atoms with Gasteiger partial charge in [0.1, 0.15) is 5.75 Å². The van der Waals surface area contributed by atoms with Crippen LogP contribution in [0.4, 0.5) is 4.39 Å². The van der Waals surface area contributed by atoms with Gasteiger partial charge in [-0.15, -0.1) is 0 Å². The molecular formula is C10H5BrClFN2O. The Balaban J connectivity index is 2.27. The molecule has 0 N–H and O–H groups in total. The van der Waals surface area contributed by atoms with Crippen molar-refractivity contribution in [2.75, 3.05) is 0 Å². The lowest BCUT2D eigenvalue weighted by Crippen LogP contribution is -1.92. The van der Waals surface area contributed by atoms with Crippen molar-refractivity contribution in [1.82, 2.24) is 9.97 Å². The van der Waals surface area contributed by atoms with Crippen LogP contribution in [-0.4, -0.2) is 9.97 Å². The van der Waals surface area contributed by atoms with E-state index in [1.54, 1.807) is 0 Å². The predicted octanol–water partition coefficient (Wildman–Crippen LogP) is 3.82. The van der Waals surface area contributed by atoms with Gasteiger partial charge in [-0.3, -0.25) is 4.98 Å². The van der Waals surface area contributed by atoms with Gasteiger partial charge in [-0.25, -0.2) is 9.37 Å². The number of hydrogen-bond donors (Lipinski definition) is 0. The van der Waals surface area contributed by atoms with Crippen LogP contribution in [0.2, 0.25) is 5.02 Å². The van der Waals surface area contributed by atoms with E-state index < -0.39 is 5.82 Å². The van der Waals surface area contributed by atoms with Gasteiger partial charge in [-0.1, -0.05) is 11.6 Å². The molecule has 16 heavy (non-hydrogen) atoms. The summed E-state index contributed by atoms with van der Waals surface area (Å²) in [5.74, 6) is -0.345. The second kappa shape index (κ2) is 4.76. The molecule has 0 unspecified atom stereocenters. The molecule has 0 aliphatic heterocycles. The molecule has 0 atom stereocenters. The van der Waals surface area contributed by atoms with Crippen LogP contribution in [0, 0.1) is 5.82 Å². The summed E-state index contributed by atoms with van der Waals surface area (Å²) in [4.78, 5) is 7.60. The van der Waals surface area contributed by atoms with E-state index in [4.69, 9.17) is 16.3 Å². The summed E-state index contributed by atoms with van der Waals surface area (Å²) in [5, 5.41) is 0.412. The van der Waals surface area contributed by atoms with Crippen molar-refractivity contribution in [2.45, 2.75) is 0 Å². The molecule has 3 nitrogen and oxygen atoms in total. The quantitative estimate of drug-likeness (QED) is 0.846. The fraction of sp³-hybridized carbons (Fsp3) is 0. The molecule has 2 aromatic heterocycles. The van der Waals surface area contributed by atoms with Crippen LogP contribution in [-0.2, 0) is 0 Å². The van der Waals surface area contributed by atoms with Gasteiger partial charge < -0.3 is 4.74 Å². The minimum atomic E-state index is -0.561. The lowest BCUT2D eigenvalue weighted by Gasteiger charge is -2.05. The van der Waals surface area contributed by atoms with E-state index in [0.717, 1.165) is 0 Å². The van der Waals surface area contributed by atoms with Crippen LogP contribution in [0.5, 0.6) is 11.6 Å². The van der Waals surface area contributed by atoms with Crippen molar-refractivity contribution < 1.29 is 9.13 Å². The predicted molar refractivity (Wildman–Crippen MR) is 61.2 cm³/mol. The largest absolute Gasteiger partial charge is 0.435 e. The van der Waals surface area contributed by atoms with Crippen LogP contribution >= 0.6 is 27.5 Å². The summed E-state index contributed by atoms with van der Waals surface area (Å²) in [6.07, 6.45) is 4.32. The Kier molecular flexibility index (Phi) is 3.36. The number of rotatable bonds is 2. The zero-order valence-electron chi connectivity index (χ0n) is 7.82. The van der Waals surface area contributed by atoms with Gasteiger partial charge in [0.2, 0.25) is 0 Å². The average Bonchev–Trinajstić information content (AvgIpc) is 2.22. The van der Waals surface area contributed by atoms with Gasteiger partial charge in [-0.05, 0) is 22.0 Å². The monoisotopic (exact) mass is 302 g/mol. The first kappa shape index (κ1) is 11.3. The molecule has 0 saturated carbocycles. The molecule has 0 bridgehead atoms. The van der Waals surface area contributed by atoms with Crippen LogP contribution in [0.15, 0.2) is 35.2 Å². The van der Waals surface area contributed by atoms with Crippen LogP contribution in [0.3, 0.4) is 0 Å². The molecule has 0 aliphatic carbocycles. The number of halogens is 3. The Morgan fingerprint density at radius 1 is 1.25 bits per heavy atom. The molecule has 2 heterocycles. The first-order valence-corrected chi connectivity index (χ1v) is 5.42. The lowest BCUT2D eigenvalue weighted by atomic mass is 10.4. The van der Waals surface area contributed by atoms with Crippen molar-refractivity contribution in [3.8, 4) is 11.6 Å². The Hall–Kier alpha value is -1.20. The SMILES string of the molecule is Fc1cc(Br)cnc1Oc1cncc(Cl)c1. The van der Waals surface area contributed by atoms with E-state index in [9.17, 15) is 4.39 Å². The van der Waals surface area contributed by atoms with Crippen LogP contribution < -0.4 is 4.74 Å². The van der Waals surface area contributed by atoms with Crippen molar-refractivity contribution in [2.24, 2.45) is 0 Å². The zero-order valence-corrected chi connectivity index (χ0v) is 10.2. The van der Waals surface area contributed by atoms with E-state index in [2.05, 4.69) is 25.9 Å². The van der Waals surface area contributed by atoms with Gasteiger partial charge in [0.05, 0.1) is 11.2 Å². The minimum absolute atomic E-state index is 0.118. The van der Waals surface area contributed by atoms with Gasteiger partial charge in [0.15, 0.2) is 5.82 Å². The van der Waals surface area contributed by atoms with Gasteiger partial charge in [-0.2, -0.15) is 0 Å². The van der Waals surface area contributed by atoms with Crippen molar-refractivity contribution in [3.05, 3.63) is 46.0 Å². The molecular weight excluding hydrogens is 298 g/mol. The Bertz CT molecular complexity index is 524. The van der Waals surface area contributed by atoms with E-state index in [0.29, 0.717) is 15.2 Å². The van der Waals surface area contributed by atoms with Gasteiger partial charge in [0, 0.05) is 22.9 Å². The third-order valence-corrected chi connectivity index (χ3v) is 2.31. The van der Waals surface area contributed by atoms with Crippen LogP contribution in [0.25, 0.3) is 0 Å². The summed E-state index contributed by atoms with van der Waals surface area (Å²) in [6.45, 7) is 0. The third kappa shape index (κ3) is 2.68. The van der Waals surface area contributed by atoms with E-state index in [1.807, 2.05) is 0 Å². The molecule has 0 aromatic carbocycles. The number of aromatic nitrogens is 2. The molecule has 0 aliphatic rings. The molecule has 0 spiro atoms. The first-order valence-electron chi connectivity index (χ1n) is 4.24. The van der Waals surface area contributed by atoms with Crippen LogP contribution in [0.1, 0.15) is 0 Å². The fourth-order valence-corrected chi connectivity index (χ4v) is 1.50. The molecule has 2 rings (SSSR count). The Morgan fingerprint density at radius 3 is 2.75 bits per heavy atom. The Labute approximate surface area is 104 Å². The number of nitrogens with zero attached hydrogens (tertiary/aromatic N) is 2. The molecule has 6 heteroatoms. The molecule has 0 fully saturated rings. The average molecular weight is 304 g/mol. The highest BCUT2D eigenvalue weighted by Crippen LogP contribution is 2.25. The summed E-state index contributed by atoms with van der Waals surface area (Å²) in [7, 11) is 0. The normalized spacial score (nSPS) is 10.2. The maximum absolute atomic E-state index is 13.4. The summed E-state index contributed by atoms with van der Waals surface area (Å²) < 4.78 is 19.1. The number of hydrogen-bond acceptors (Lipinski definition) is 3. The van der Waals surface area contributed by atoms with Crippen molar-refractivity contribution >= 4 is 27.5 Å². The van der Waals surface area contributed by atoms with Gasteiger partial charge in [0.25, 0.3) is 5.88 Å².